The van der Waals surface area contributed by atoms with Gasteiger partial charge in [-0.1, -0.05) is 18.2 Å². The minimum atomic E-state index is -4.36. The van der Waals surface area contributed by atoms with Crippen molar-refractivity contribution in [3.8, 4) is 0 Å². The van der Waals surface area contributed by atoms with Crippen molar-refractivity contribution < 1.29 is 18.0 Å². The van der Waals surface area contributed by atoms with Gasteiger partial charge in [0, 0.05) is 16.9 Å². The first-order chi connectivity index (χ1) is 8.97. The second-order valence-electron chi connectivity index (χ2n) is 4.08. The Morgan fingerprint density at radius 1 is 1.11 bits per heavy atom. The van der Waals surface area contributed by atoms with E-state index in [1.165, 1.54) is 12.1 Å². The second-order valence-corrected chi connectivity index (χ2v) is 5.11. The SMILES string of the molecule is O=C(CCc1cccs1)c1ccc(C(F)(F)F)cc1. The molecule has 0 N–H and O–H groups in total. The van der Waals surface area contributed by atoms with Gasteiger partial charge in [0.1, 0.15) is 0 Å². The minimum Gasteiger partial charge on any atom is -0.294 e. The first kappa shape index (κ1) is 13.8. The molecule has 0 aliphatic rings. The number of aryl methyl sites for hydroxylation is 1. The third kappa shape index (κ3) is 3.67. The maximum atomic E-state index is 12.4. The van der Waals surface area contributed by atoms with Crippen LogP contribution in [0.5, 0.6) is 0 Å². The molecule has 0 saturated heterocycles. The van der Waals surface area contributed by atoms with Crippen LogP contribution in [0.3, 0.4) is 0 Å². The average molecular weight is 284 g/mol. The molecule has 19 heavy (non-hydrogen) atoms. The lowest BCUT2D eigenvalue weighted by Gasteiger charge is -2.07. The molecule has 0 spiro atoms. The summed E-state index contributed by atoms with van der Waals surface area (Å²) in [6.45, 7) is 0. The average Bonchev–Trinajstić information content (AvgIpc) is 2.88. The predicted molar refractivity (Wildman–Crippen MR) is 68.4 cm³/mol. The van der Waals surface area contributed by atoms with E-state index >= 15 is 0 Å². The molecule has 2 rings (SSSR count). The van der Waals surface area contributed by atoms with E-state index in [0.717, 1.165) is 17.0 Å². The highest BCUT2D eigenvalue weighted by Crippen LogP contribution is 2.29. The van der Waals surface area contributed by atoms with E-state index in [2.05, 4.69) is 0 Å². The minimum absolute atomic E-state index is 0.137. The predicted octanol–water partition coefficient (Wildman–Crippen LogP) is 4.58. The Labute approximate surface area is 112 Å². The van der Waals surface area contributed by atoms with Gasteiger partial charge in [-0.3, -0.25) is 4.79 Å². The first-order valence-corrected chi connectivity index (χ1v) is 6.57. The Hall–Kier alpha value is -1.62. The van der Waals surface area contributed by atoms with Crippen LogP contribution in [0.4, 0.5) is 13.2 Å². The van der Waals surface area contributed by atoms with E-state index in [9.17, 15) is 18.0 Å². The molecule has 0 aliphatic carbocycles. The van der Waals surface area contributed by atoms with Gasteiger partial charge in [-0.15, -0.1) is 11.3 Å². The van der Waals surface area contributed by atoms with Gasteiger partial charge in [-0.05, 0) is 30.0 Å². The zero-order chi connectivity index (χ0) is 13.9. The Kier molecular flexibility index (Phi) is 4.04. The van der Waals surface area contributed by atoms with Gasteiger partial charge in [0.05, 0.1) is 5.56 Å². The van der Waals surface area contributed by atoms with Gasteiger partial charge in [0.25, 0.3) is 0 Å². The summed E-state index contributed by atoms with van der Waals surface area (Å²) in [4.78, 5) is 12.9. The number of benzene rings is 1. The fourth-order valence-corrected chi connectivity index (χ4v) is 2.39. The van der Waals surface area contributed by atoms with Crippen LogP contribution in [0.2, 0.25) is 0 Å². The summed E-state index contributed by atoms with van der Waals surface area (Å²) in [6.07, 6.45) is -3.43. The normalized spacial score (nSPS) is 11.5. The van der Waals surface area contributed by atoms with E-state index in [4.69, 9.17) is 0 Å². The maximum Gasteiger partial charge on any atom is 0.416 e. The molecule has 1 heterocycles. The van der Waals surface area contributed by atoms with Crippen molar-refractivity contribution in [1.82, 2.24) is 0 Å². The van der Waals surface area contributed by atoms with Crippen LogP contribution in [0.15, 0.2) is 41.8 Å². The van der Waals surface area contributed by atoms with Gasteiger partial charge in [-0.2, -0.15) is 13.2 Å². The van der Waals surface area contributed by atoms with Gasteiger partial charge < -0.3 is 0 Å². The van der Waals surface area contributed by atoms with Crippen molar-refractivity contribution in [2.75, 3.05) is 0 Å². The molecule has 0 bridgehead atoms. The molecule has 0 radical (unpaired) electrons. The summed E-state index contributed by atoms with van der Waals surface area (Å²) >= 11 is 1.56. The van der Waals surface area contributed by atoms with E-state index in [1.54, 1.807) is 11.3 Å². The zero-order valence-electron chi connectivity index (χ0n) is 9.91. The van der Waals surface area contributed by atoms with Crippen molar-refractivity contribution in [1.29, 1.82) is 0 Å². The monoisotopic (exact) mass is 284 g/mol. The summed E-state index contributed by atoms with van der Waals surface area (Å²) in [7, 11) is 0. The highest BCUT2D eigenvalue weighted by atomic mass is 32.1. The van der Waals surface area contributed by atoms with Gasteiger partial charge >= 0.3 is 6.18 Å². The number of alkyl halides is 3. The standard InChI is InChI=1S/C14H11F3OS/c15-14(16,17)11-5-3-10(4-6-11)13(18)8-7-12-2-1-9-19-12/h1-6,9H,7-8H2. The number of rotatable bonds is 4. The van der Waals surface area contributed by atoms with Crippen LogP contribution in [-0.2, 0) is 12.6 Å². The Bertz CT molecular complexity index is 541. The van der Waals surface area contributed by atoms with Gasteiger partial charge in [0.2, 0.25) is 0 Å². The summed E-state index contributed by atoms with van der Waals surface area (Å²) in [5.74, 6) is -0.137. The number of halogens is 3. The topological polar surface area (TPSA) is 17.1 Å². The van der Waals surface area contributed by atoms with Crippen molar-refractivity contribution >= 4 is 17.1 Å². The number of carbonyl (C=O) groups excluding carboxylic acids is 1. The lowest BCUT2D eigenvalue weighted by molar-refractivity contribution is -0.137. The highest BCUT2D eigenvalue weighted by molar-refractivity contribution is 7.09. The molecule has 0 saturated carbocycles. The van der Waals surface area contributed by atoms with Crippen molar-refractivity contribution in [3.05, 3.63) is 57.8 Å². The molecular formula is C14H11F3OS. The van der Waals surface area contributed by atoms with Crippen LogP contribution in [0.25, 0.3) is 0 Å². The smallest absolute Gasteiger partial charge is 0.294 e. The summed E-state index contributed by atoms with van der Waals surface area (Å²) < 4.78 is 37.1. The molecule has 2 aromatic rings. The number of carbonyl (C=O) groups is 1. The van der Waals surface area contributed by atoms with Crippen LogP contribution in [-0.4, -0.2) is 5.78 Å². The van der Waals surface area contributed by atoms with Crippen LogP contribution < -0.4 is 0 Å². The molecule has 100 valence electrons. The molecule has 1 nitrogen and oxygen atoms in total. The molecule has 0 fully saturated rings. The Morgan fingerprint density at radius 2 is 1.79 bits per heavy atom. The van der Waals surface area contributed by atoms with E-state index in [1.807, 2.05) is 17.5 Å². The quantitative estimate of drug-likeness (QED) is 0.751. The molecule has 0 amide bonds. The fourth-order valence-electron chi connectivity index (χ4n) is 1.68. The third-order valence-electron chi connectivity index (χ3n) is 2.71. The van der Waals surface area contributed by atoms with Crippen molar-refractivity contribution in [3.63, 3.8) is 0 Å². The Balaban J connectivity index is 2.00. The first-order valence-electron chi connectivity index (χ1n) is 5.69. The highest BCUT2D eigenvalue weighted by Gasteiger charge is 2.30. The number of ketones is 1. The Morgan fingerprint density at radius 3 is 2.32 bits per heavy atom. The van der Waals surface area contributed by atoms with E-state index in [0.29, 0.717) is 18.4 Å². The maximum absolute atomic E-state index is 12.4. The molecule has 0 unspecified atom stereocenters. The molecule has 5 heteroatoms. The third-order valence-corrected chi connectivity index (χ3v) is 3.65. The van der Waals surface area contributed by atoms with Crippen molar-refractivity contribution in [2.45, 2.75) is 19.0 Å². The van der Waals surface area contributed by atoms with Gasteiger partial charge in [0.15, 0.2) is 5.78 Å². The van der Waals surface area contributed by atoms with Crippen LogP contribution >= 0.6 is 11.3 Å². The van der Waals surface area contributed by atoms with Crippen LogP contribution in [0.1, 0.15) is 27.2 Å². The van der Waals surface area contributed by atoms with E-state index < -0.39 is 11.7 Å². The second kappa shape index (κ2) is 5.57. The number of hydrogen-bond acceptors (Lipinski definition) is 2. The molecule has 1 aromatic carbocycles. The number of Topliss-reactive ketones (excluding diaryl/α,β-unsaturated/α-hetero) is 1. The number of hydrogen-bond donors (Lipinski definition) is 0. The summed E-state index contributed by atoms with van der Waals surface area (Å²) in [5, 5.41) is 1.93. The van der Waals surface area contributed by atoms with Crippen molar-refractivity contribution in [2.24, 2.45) is 0 Å². The van der Waals surface area contributed by atoms with E-state index in [-0.39, 0.29) is 5.78 Å². The lowest BCUT2D eigenvalue weighted by atomic mass is 10.0. The lowest BCUT2D eigenvalue weighted by Crippen LogP contribution is -2.06. The molecule has 0 atom stereocenters. The molecular weight excluding hydrogens is 273 g/mol. The summed E-state index contributed by atoms with van der Waals surface area (Å²) in [6, 6.07) is 8.20. The largest absolute Gasteiger partial charge is 0.416 e. The van der Waals surface area contributed by atoms with Crippen LogP contribution in [0, 0.1) is 0 Å². The number of thiophene rings is 1. The van der Waals surface area contributed by atoms with Gasteiger partial charge in [-0.25, -0.2) is 0 Å². The summed E-state index contributed by atoms with van der Waals surface area (Å²) in [5.41, 5.74) is -0.410. The molecule has 0 aliphatic heterocycles. The fraction of sp³-hybridized carbons (Fsp3) is 0.214. The molecule has 1 aromatic heterocycles. The zero-order valence-corrected chi connectivity index (χ0v) is 10.7.